The van der Waals surface area contributed by atoms with Gasteiger partial charge in [-0.05, 0) is 41.9 Å². The Morgan fingerprint density at radius 3 is 2.54 bits per heavy atom. The number of nitrogens with one attached hydrogen (secondary N) is 1. The molecule has 4 rings (SSSR count). The highest BCUT2D eigenvalue weighted by Gasteiger charge is 2.35. The predicted molar refractivity (Wildman–Crippen MR) is 108 cm³/mol. The van der Waals surface area contributed by atoms with Gasteiger partial charge in [-0.1, -0.05) is 42.5 Å². The number of rotatable bonds is 2. The molecular weight excluding hydrogens is 374 g/mol. The SMILES string of the molecule is CC(=O)N1CCc2ccccc2[C@H]1c1c(O)n(-c2ccccc2)c(=S)[nH]c1=O. The van der Waals surface area contributed by atoms with Crippen molar-refractivity contribution in [3.63, 3.8) is 0 Å². The summed E-state index contributed by atoms with van der Waals surface area (Å²) >= 11 is 5.30. The van der Waals surface area contributed by atoms with Crippen LogP contribution in [-0.2, 0) is 11.2 Å². The second kappa shape index (κ2) is 7.09. The average Bonchev–Trinajstić information content (AvgIpc) is 2.68. The summed E-state index contributed by atoms with van der Waals surface area (Å²) in [6.45, 7) is 1.94. The number of aromatic amines is 1. The standard InChI is InChI=1S/C21H19N3O3S/c1-13(25)23-12-11-14-7-5-6-10-16(14)18(23)17-19(26)22-21(28)24(20(17)27)15-8-3-2-4-9-15/h2-10,18,27H,11-12H2,1H3,(H,22,26,28)/t18-/m0/s1. The van der Waals surface area contributed by atoms with Crippen molar-refractivity contribution in [3.05, 3.63) is 86.4 Å². The summed E-state index contributed by atoms with van der Waals surface area (Å²) in [7, 11) is 0. The highest BCUT2D eigenvalue weighted by Crippen LogP contribution is 2.37. The summed E-state index contributed by atoms with van der Waals surface area (Å²) in [6, 6.07) is 16.1. The van der Waals surface area contributed by atoms with Gasteiger partial charge in [-0.15, -0.1) is 0 Å². The summed E-state index contributed by atoms with van der Waals surface area (Å²) in [5.41, 5.74) is 2.13. The highest BCUT2D eigenvalue weighted by atomic mass is 32.1. The van der Waals surface area contributed by atoms with Crippen molar-refractivity contribution >= 4 is 18.1 Å². The lowest BCUT2D eigenvalue weighted by atomic mass is 9.89. The zero-order valence-electron chi connectivity index (χ0n) is 15.3. The van der Waals surface area contributed by atoms with Crippen LogP contribution >= 0.6 is 12.2 Å². The van der Waals surface area contributed by atoms with Gasteiger partial charge < -0.3 is 10.0 Å². The number of fused-ring (bicyclic) bond motifs is 1. The van der Waals surface area contributed by atoms with E-state index >= 15 is 0 Å². The Hall–Kier alpha value is -3.19. The number of para-hydroxylation sites is 1. The smallest absolute Gasteiger partial charge is 0.261 e. The molecule has 0 radical (unpaired) electrons. The van der Waals surface area contributed by atoms with Gasteiger partial charge in [0.05, 0.1) is 11.7 Å². The summed E-state index contributed by atoms with van der Waals surface area (Å²) < 4.78 is 1.51. The van der Waals surface area contributed by atoms with E-state index in [0.717, 1.165) is 11.1 Å². The first-order chi connectivity index (χ1) is 13.5. The van der Waals surface area contributed by atoms with Crippen LogP contribution in [0.2, 0.25) is 0 Å². The number of hydrogen-bond donors (Lipinski definition) is 2. The molecule has 1 atom stereocenters. The Bertz CT molecular complexity index is 1170. The number of hydrogen-bond acceptors (Lipinski definition) is 4. The van der Waals surface area contributed by atoms with E-state index in [1.807, 2.05) is 42.5 Å². The molecule has 28 heavy (non-hydrogen) atoms. The number of aromatic hydroxyl groups is 1. The molecule has 1 aliphatic rings. The van der Waals surface area contributed by atoms with Gasteiger partial charge in [-0.3, -0.25) is 19.1 Å². The fourth-order valence-electron chi connectivity index (χ4n) is 3.82. The highest BCUT2D eigenvalue weighted by molar-refractivity contribution is 7.71. The van der Waals surface area contributed by atoms with Crippen molar-refractivity contribution < 1.29 is 9.90 Å². The van der Waals surface area contributed by atoms with Gasteiger partial charge >= 0.3 is 0 Å². The number of carbonyl (C=O) groups excluding carboxylic acids is 1. The van der Waals surface area contributed by atoms with Gasteiger partial charge in [-0.25, -0.2) is 0 Å². The van der Waals surface area contributed by atoms with E-state index in [-0.39, 0.29) is 22.1 Å². The minimum atomic E-state index is -0.684. The van der Waals surface area contributed by atoms with Crippen LogP contribution in [0.3, 0.4) is 0 Å². The molecular formula is C21H19N3O3S. The molecule has 0 fully saturated rings. The van der Waals surface area contributed by atoms with Crippen LogP contribution in [0.1, 0.15) is 29.7 Å². The maximum Gasteiger partial charge on any atom is 0.261 e. The first kappa shape index (κ1) is 18.2. The van der Waals surface area contributed by atoms with E-state index in [9.17, 15) is 14.7 Å². The summed E-state index contributed by atoms with van der Waals surface area (Å²) in [5.74, 6) is -0.417. The minimum absolute atomic E-state index is 0.0934. The molecule has 142 valence electrons. The average molecular weight is 393 g/mol. The Morgan fingerprint density at radius 2 is 1.82 bits per heavy atom. The number of H-pyrrole nitrogens is 1. The molecule has 1 aliphatic heterocycles. The fourth-order valence-corrected chi connectivity index (χ4v) is 4.10. The molecule has 2 heterocycles. The molecule has 1 amide bonds. The van der Waals surface area contributed by atoms with E-state index in [4.69, 9.17) is 12.2 Å². The van der Waals surface area contributed by atoms with Gasteiger partial charge in [-0.2, -0.15) is 0 Å². The quantitative estimate of drug-likeness (QED) is 0.656. The van der Waals surface area contributed by atoms with Crippen LogP contribution in [-0.4, -0.2) is 32.0 Å². The number of carbonyl (C=O) groups is 1. The van der Waals surface area contributed by atoms with E-state index in [2.05, 4.69) is 4.98 Å². The third-order valence-electron chi connectivity index (χ3n) is 5.10. The number of benzene rings is 2. The lowest BCUT2D eigenvalue weighted by molar-refractivity contribution is -0.130. The van der Waals surface area contributed by atoms with E-state index in [1.54, 1.807) is 17.0 Å². The van der Waals surface area contributed by atoms with E-state index in [1.165, 1.54) is 11.5 Å². The topological polar surface area (TPSA) is 78.3 Å². The van der Waals surface area contributed by atoms with Crippen LogP contribution in [0.5, 0.6) is 5.88 Å². The monoisotopic (exact) mass is 393 g/mol. The molecule has 3 aromatic rings. The Labute approximate surface area is 166 Å². The first-order valence-corrected chi connectivity index (χ1v) is 9.38. The van der Waals surface area contributed by atoms with Crippen molar-refractivity contribution in [1.82, 2.24) is 14.5 Å². The van der Waals surface area contributed by atoms with Gasteiger partial charge in [0, 0.05) is 13.5 Å². The Balaban J connectivity index is 2.02. The Morgan fingerprint density at radius 1 is 1.14 bits per heavy atom. The van der Waals surface area contributed by atoms with Crippen LogP contribution in [0, 0.1) is 4.77 Å². The third kappa shape index (κ3) is 2.93. The number of aromatic nitrogens is 2. The zero-order valence-corrected chi connectivity index (χ0v) is 16.1. The second-order valence-corrected chi connectivity index (χ2v) is 7.12. The van der Waals surface area contributed by atoms with Crippen molar-refractivity contribution in [2.75, 3.05) is 6.54 Å². The normalized spacial score (nSPS) is 15.9. The fraction of sp³-hybridized carbons (Fsp3) is 0.190. The molecule has 2 N–H and O–H groups in total. The zero-order chi connectivity index (χ0) is 19.8. The van der Waals surface area contributed by atoms with Crippen molar-refractivity contribution in [2.45, 2.75) is 19.4 Å². The van der Waals surface area contributed by atoms with Gasteiger partial charge in [0.2, 0.25) is 11.8 Å². The molecule has 0 bridgehead atoms. The summed E-state index contributed by atoms with van der Waals surface area (Å²) in [5, 5.41) is 11.1. The van der Waals surface area contributed by atoms with Crippen LogP contribution in [0.15, 0.2) is 59.4 Å². The number of nitrogens with zero attached hydrogens (tertiary/aromatic N) is 2. The van der Waals surface area contributed by atoms with Crippen LogP contribution in [0.25, 0.3) is 5.69 Å². The van der Waals surface area contributed by atoms with Gasteiger partial charge in [0.1, 0.15) is 5.56 Å². The maximum absolute atomic E-state index is 12.9. The van der Waals surface area contributed by atoms with Crippen molar-refractivity contribution in [2.24, 2.45) is 0 Å². The maximum atomic E-state index is 12.9. The lowest BCUT2D eigenvalue weighted by Gasteiger charge is -2.37. The molecule has 0 spiro atoms. The predicted octanol–water partition coefficient (Wildman–Crippen LogP) is 3.09. The van der Waals surface area contributed by atoms with E-state index in [0.29, 0.717) is 18.7 Å². The number of amides is 1. The molecule has 7 heteroatoms. The molecule has 0 aliphatic carbocycles. The molecule has 0 saturated carbocycles. The summed E-state index contributed by atoms with van der Waals surface area (Å²) in [4.78, 5) is 29.5. The molecule has 0 saturated heterocycles. The molecule has 0 unspecified atom stereocenters. The lowest BCUT2D eigenvalue weighted by Crippen LogP contribution is -2.41. The minimum Gasteiger partial charge on any atom is -0.494 e. The second-order valence-electron chi connectivity index (χ2n) is 6.73. The van der Waals surface area contributed by atoms with Crippen molar-refractivity contribution in [3.8, 4) is 11.6 Å². The van der Waals surface area contributed by atoms with E-state index < -0.39 is 11.6 Å². The third-order valence-corrected chi connectivity index (χ3v) is 5.38. The van der Waals surface area contributed by atoms with Gasteiger partial charge in [0.25, 0.3) is 5.56 Å². The largest absolute Gasteiger partial charge is 0.494 e. The molecule has 6 nitrogen and oxygen atoms in total. The molecule has 1 aromatic heterocycles. The summed E-state index contributed by atoms with van der Waals surface area (Å²) in [6.07, 6.45) is 0.697. The molecule has 2 aromatic carbocycles. The van der Waals surface area contributed by atoms with Gasteiger partial charge in [0.15, 0.2) is 4.77 Å². The van der Waals surface area contributed by atoms with Crippen LogP contribution < -0.4 is 5.56 Å². The first-order valence-electron chi connectivity index (χ1n) is 8.97. The Kier molecular flexibility index (Phi) is 4.60. The van der Waals surface area contributed by atoms with Crippen molar-refractivity contribution in [1.29, 1.82) is 0 Å². The van der Waals surface area contributed by atoms with Crippen LogP contribution in [0.4, 0.5) is 0 Å².